The molecule has 0 radical (unpaired) electrons. The molecule has 1 atom stereocenters. The van der Waals surface area contributed by atoms with E-state index < -0.39 is 0 Å². The normalized spacial score (nSPS) is 14.3. The van der Waals surface area contributed by atoms with Crippen LogP contribution in [0.5, 0.6) is 0 Å². The molecule has 8 nitrogen and oxygen atoms in total. The molecular formula is C23H27N5O3. The quantitative estimate of drug-likeness (QED) is 0.486. The van der Waals surface area contributed by atoms with Crippen molar-refractivity contribution in [2.45, 2.75) is 45.6 Å². The van der Waals surface area contributed by atoms with E-state index in [9.17, 15) is 9.59 Å². The predicted octanol–water partition coefficient (Wildman–Crippen LogP) is 3.79. The lowest BCUT2D eigenvalue weighted by molar-refractivity contribution is 0.0920. The number of rotatable bonds is 9. The standard InChI is InChI=1S/C23H27N5O3/c1-3-5-14(2)26-21(29)19-11-18(27-28-19)16-6-4-7-17(10-16)23-25-13-20(31-23)22(30)24-12-15-8-9-15/h4,6-7,10-11,13-15H,3,5,8-9,12H2,1-2H3,(H,24,30)(H,26,29)(H,27,28). The van der Waals surface area contributed by atoms with Gasteiger partial charge in [-0.25, -0.2) is 4.98 Å². The summed E-state index contributed by atoms with van der Waals surface area (Å²) in [4.78, 5) is 28.8. The molecule has 2 amide bonds. The minimum absolute atomic E-state index is 0.105. The second kappa shape index (κ2) is 9.16. The van der Waals surface area contributed by atoms with Crippen molar-refractivity contribution in [1.82, 2.24) is 25.8 Å². The van der Waals surface area contributed by atoms with Crippen LogP contribution < -0.4 is 10.6 Å². The monoisotopic (exact) mass is 421 g/mol. The highest BCUT2D eigenvalue weighted by atomic mass is 16.4. The maximum absolute atomic E-state index is 12.4. The first-order valence-corrected chi connectivity index (χ1v) is 10.7. The molecule has 1 fully saturated rings. The van der Waals surface area contributed by atoms with Crippen molar-refractivity contribution in [3.63, 3.8) is 0 Å². The van der Waals surface area contributed by atoms with Crippen LogP contribution in [0.3, 0.4) is 0 Å². The molecule has 3 N–H and O–H groups in total. The smallest absolute Gasteiger partial charge is 0.288 e. The van der Waals surface area contributed by atoms with Crippen LogP contribution in [0, 0.1) is 5.92 Å². The number of hydrogen-bond acceptors (Lipinski definition) is 5. The molecule has 1 aliphatic rings. The lowest BCUT2D eigenvalue weighted by Gasteiger charge is -2.11. The highest BCUT2D eigenvalue weighted by molar-refractivity contribution is 5.93. The number of nitrogens with zero attached hydrogens (tertiary/aromatic N) is 2. The first kappa shape index (κ1) is 20.8. The van der Waals surface area contributed by atoms with E-state index in [1.165, 1.54) is 19.0 Å². The van der Waals surface area contributed by atoms with Crippen LogP contribution in [0.2, 0.25) is 0 Å². The largest absolute Gasteiger partial charge is 0.431 e. The van der Waals surface area contributed by atoms with Crippen molar-refractivity contribution < 1.29 is 14.0 Å². The number of oxazole rings is 1. The minimum Gasteiger partial charge on any atom is -0.431 e. The summed E-state index contributed by atoms with van der Waals surface area (Å²) in [5, 5.41) is 12.9. The summed E-state index contributed by atoms with van der Waals surface area (Å²) >= 11 is 0. The zero-order chi connectivity index (χ0) is 21.8. The highest BCUT2D eigenvalue weighted by Gasteiger charge is 2.23. The minimum atomic E-state index is -0.248. The van der Waals surface area contributed by atoms with Crippen molar-refractivity contribution in [3.05, 3.63) is 48.0 Å². The number of carbonyl (C=O) groups is 2. The lowest BCUT2D eigenvalue weighted by atomic mass is 10.1. The van der Waals surface area contributed by atoms with Crippen molar-refractivity contribution in [2.24, 2.45) is 5.92 Å². The summed E-state index contributed by atoms with van der Waals surface area (Å²) in [6, 6.07) is 9.31. The number of H-pyrrole nitrogens is 1. The van der Waals surface area contributed by atoms with E-state index in [-0.39, 0.29) is 23.6 Å². The van der Waals surface area contributed by atoms with Crippen LogP contribution in [0.1, 0.15) is 60.6 Å². The summed E-state index contributed by atoms with van der Waals surface area (Å²) < 4.78 is 5.67. The number of carbonyl (C=O) groups excluding carboxylic acids is 2. The summed E-state index contributed by atoms with van der Waals surface area (Å²) in [7, 11) is 0. The first-order valence-electron chi connectivity index (χ1n) is 10.7. The van der Waals surface area contributed by atoms with Gasteiger partial charge in [-0.2, -0.15) is 5.10 Å². The second-order valence-electron chi connectivity index (χ2n) is 8.09. The van der Waals surface area contributed by atoms with Gasteiger partial charge in [-0.1, -0.05) is 25.5 Å². The second-order valence-corrected chi connectivity index (χ2v) is 8.09. The predicted molar refractivity (Wildman–Crippen MR) is 116 cm³/mol. The van der Waals surface area contributed by atoms with Gasteiger partial charge in [-0.05, 0) is 50.3 Å². The number of hydrogen-bond donors (Lipinski definition) is 3. The van der Waals surface area contributed by atoms with Gasteiger partial charge in [-0.15, -0.1) is 0 Å². The van der Waals surface area contributed by atoms with E-state index >= 15 is 0 Å². The Morgan fingerprint density at radius 3 is 2.81 bits per heavy atom. The summed E-state index contributed by atoms with van der Waals surface area (Å²) in [5.41, 5.74) is 2.59. The van der Waals surface area contributed by atoms with E-state index in [1.807, 2.05) is 31.2 Å². The van der Waals surface area contributed by atoms with Gasteiger partial charge in [0.1, 0.15) is 5.69 Å². The molecule has 1 unspecified atom stereocenters. The number of nitrogens with one attached hydrogen (secondary N) is 3. The van der Waals surface area contributed by atoms with Gasteiger partial charge in [0.15, 0.2) is 0 Å². The van der Waals surface area contributed by atoms with E-state index in [0.29, 0.717) is 29.7 Å². The zero-order valence-electron chi connectivity index (χ0n) is 17.8. The molecule has 0 aliphatic heterocycles. The molecule has 2 aromatic heterocycles. The molecular weight excluding hydrogens is 394 g/mol. The third-order valence-electron chi connectivity index (χ3n) is 5.30. The topological polar surface area (TPSA) is 113 Å². The molecule has 0 bridgehead atoms. The summed E-state index contributed by atoms with van der Waals surface area (Å²) in [5.74, 6) is 0.729. The molecule has 0 spiro atoms. The maximum Gasteiger partial charge on any atom is 0.288 e. The maximum atomic E-state index is 12.4. The van der Waals surface area contributed by atoms with E-state index in [1.54, 1.807) is 6.07 Å². The van der Waals surface area contributed by atoms with Gasteiger partial charge in [0.25, 0.3) is 11.8 Å². The van der Waals surface area contributed by atoms with Gasteiger partial charge in [0, 0.05) is 23.7 Å². The SMILES string of the molecule is CCCC(C)NC(=O)c1cc(-c2cccc(-c3ncc(C(=O)NCC4CC4)o3)c2)n[nH]1. The molecule has 1 aliphatic carbocycles. The number of amides is 2. The van der Waals surface area contributed by atoms with Crippen molar-refractivity contribution in [1.29, 1.82) is 0 Å². The Morgan fingerprint density at radius 1 is 1.23 bits per heavy atom. The summed E-state index contributed by atoms with van der Waals surface area (Å²) in [6.07, 6.45) is 5.71. The van der Waals surface area contributed by atoms with Crippen molar-refractivity contribution >= 4 is 11.8 Å². The Hall–Kier alpha value is -3.42. The third kappa shape index (κ3) is 5.20. The van der Waals surface area contributed by atoms with Gasteiger partial charge in [-0.3, -0.25) is 14.7 Å². The Labute approximate surface area is 180 Å². The zero-order valence-corrected chi connectivity index (χ0v) is 17.8. The van der Waals surface area contributed by atoms with Gasteiger partial charge < -0.3 is 15.1 Å². The van der Waals surface area contributed by atoms with Crippen LogP contribution in [0.15, 0.2) is 40.9 Å². The van der Waals surface area contributed by atoms with E-state index in [0.717, 1.165) is 24.0 Å². The fraction of sp³-hybridized carbons (Fsp3) is 0.391. The Balaban J connectivity index is 1.46. The molecule has 8 heteroatoms. The fourth-order valence-corrected chi connectivity index (χ4v) is 3.36. The summed E-state index contributed by atoms with van der Waals surface area (Å²) in [6.45, 7) is 4.75. The van der Waals surface area contributed by atoms with Gasteiger partial charge >= 0.3 is 0 Å². The Bertz CT molecular complexity index is 1070. The molecule has 1 saturated carbocycles. The van der Waals surface area contributed by atoms with Crippen LogP contribution in [0.4, 0.5) is 0 Å². The Morgan fingerprint density at radius 2 is 2.03 bits per heavy atom. The molecule has 162 valence electrons. The fourth-order valence-electron chi connectivity index (χ4n) is 3.36. The van der Waals surface area contributed by atoms with Crippen LogP contribution in [-0.4, -0.2) is 39.6 Å². The highest BCUT2D eigenvalue weighted by Crippen LogP contribution is 2.28. The average molecular weight is 422 g/mol. The molecule has 3 aromatic rings. The van der Waals surface area contributed by atoms with Crippen molar-refractivity contribution in [3.8, 4) is 22.7 Å². The number of aromatic amines is 1. The van der Waals surface area contributed by atoms with Gasteiger partial charge in [0.05, 0.1) is 11.9 Å². The van der Waals surface area contributed by atoms with Crippen molar-refractivity contribution in [2.75, 3.05) is 6.54 Å². The third-order valence-corrected chi connectivity index (χ3v) is 5.30. The lowest BCUT2D eigenvalue weighted by Crippen LogP contribution is -2.32. The van der Waals surface area contributed by atoms with E-state index in [2.05, 4.69) is 32.7 Å². The molecule has 4 rings (SSSR count). The first-order chi connectivity index (χ1) is 15.0. The number of benzene rings is 1. The average Bonchev–Trinajstić information content (AvgIpc) is 3.25. The molecule has 2 heterocycles. The van der Waals surface area contributed by atoms with E-state index in [4.69, 9.17) is 4.42 Å². The molecule has 31 heavy (non-hydrogen) atoms. The molecule has 0 saturated heterocycles. The Kier molecular flexibility index (Phi) is 6.16. The van der Waals surface area contributed by atoms with Crippen LogP contribution in [0.25, 0.3) is 22.7 Å². The van der Waals surface area contributed by atoms with Crippen LogP contribution >= 0.6 is 0 Å². The van der Waals surface area contributed by atoms with Crippen LogP contribution in [-0.2, 0) is 0 Å². The van der Waals surface area contributed by atoms with Gasteiger partial charge in [0.2, 0.25) is 11.7 Å². The number of aromatic nitrogens is 3. The molecule has 1 aromatic carbocycles.